The summed E-state index contributed by atoms with van der Waals surface area (Å²) < 4.78 is 0. The lowest BCUT2D eigenvalue weighted by Crippen LogP contribution is -1.91. The molecular formula is C10H11N3O. The molecule has 0 radical (unpaired) electrons. The largest absolute Gasteiger partial charge is 0.345 e. The molecule has 0 aliphatic rings. The maximum Gasteiger partial charge on any atom is 0.151 e. The SMILES string of the molecule is CC=N/C=C\Nc1ccc(C=O)cn1. The molecule has 1 rings (SSSR count). The number of anilines is 1. The van der Waals surface area contributed by atoms with Crippen LogP contribution < -0.4 is 5.32 Å². The molecule has 0 atom stereocenters. The van der Waals surface area contributed by atoms with Gasteiger partial charge in [-0.1, -0.05) is 0 Å². The van der Waals surface area contributed by atoms with E-state index in [1.807, 2.05) is 6.92 Å². The van der Waals surface area contributed by atoms with Crippen LogP contribution in [0.2, 0.25) is 0 Å². The number of aldehydes is 1. The average molecular weight is 189 g/mol. The maximum absolute atomic E-state index is 10.3. The highest BCUT2D eigenvalue weighted by Crippen LogP contribution is 2.02. The van der Waals surface area contributed by atoms with Gasteiger partial charge >= 0.3 is 0 Å². The van der Waals surface area contributed by atoms with Crippen molar-refractivity contribution in [3.63, 3.8) is 0 Å². The van der Waals surface area contributed by atoms with Crippen LogP contribution in [0.25, 0.3) is 0 Å². The Morgan fingerprint density at radius 3 is 2.93 bits per heavy atom. The number of carbonyl (C=O) groups excluding carboxylic acids is 1. The van der Waals surface area contributed by atoms with Gasteiger partial charge in [0, 0.05) is 30.4 Å². The lowest BCUT2D eigenvalue weighted by Gasteiger charge is -1.97. The van der Waals surface area contributed by atoms with Crippen LogP contribution in [0.1, 0.15) is 17.3 Å². The van der Waals surface area contributed by atoms with Gasteiger partial charge in [0.1, 0.15) is 5.82 Å². The van der Waals surface area contributed by atoms with Crippen LogP contribution >= 0.6 is 0 Å². The van der Waals surface area contributed by atoms with Crippen LogP contribution in [-0.4, -0.2) is 17.5 Å². The first-order valence-corrected chi connectivity index (χ1v) is 4.17. The quantitative estimate of drug-likeness (QED) is 0.581. The van der Waals surface area contributed by atoms with E-state index in [1.165, 1.54) is 6.20 Å². The lowest BCUT2D eigenvalue weighted by atomic mass is 10.3. The fourth-order valence-corrected chi connectivity index (χ4v) is 0.812. The van der Waals surface area contributed by atoms with Crippen LogP contribution in [0.3, 0.4) is 0 Å². The van der Waals surface area contributed by atoms with Gasteiger partial charge in [-0.2, -0.15) is 0 Å². The predicted molar refractivity (Wildman–Crippen MR) is 56.6 cm³/mol. The zero-order valence-electron chi connectivity index (χ0n) is 7.84. The van der Waals surface area contributed by atoms with E-state index in [1.54, 1.807) is 30.7 Å². The Labute approximate surface area is 82.4 Å². The van der Waals surface area contributed by atoms with Crippen molar-refractivity contribution in [2.24, 2.45) is 4.99 Å². The van der Waals surface area contributed by atoms with Gasteiger partial charge in [-0.3, -0.25) is 9.79 Å². The molecule has 1 aromatic heterocycles. The molecular weight excluding hydrogens is 178 g/mol. The van der Waals surface area contributed by atoms with E-state index in [0.717, 1.165) is 6.29 Å². The normalized spacial score (nSPS) is 10.9. The van der Waals surface area contributed by atoms with E-state index in [9.17, 15) is 4.79 Å². The second kappa shape index (κ2) is 5.64. The molecule has 0 saturated carbocycles. The predicted octanol–water partition coefficient (Wildman–Crippen LogP) is 1.87. The summed E-state index contributed by atoms with van der Waals surface area (Å²) in [7, 11) is 0. The van der Waals surface area contributed by atoms with E-state index < -0.39 is 0 Å². The minimum absolute atomic E-state index is 0.561. The first-order valence-electron chi connectivity index (χ1n) is 4.17. The number of aliphatic imine (C=N–C) groups is 1. The van der Waals surface area contributed by atoms with Gasteiger partial charge < -0.3 is 5.32 Å². The summed E-state index contributed by atoms with van der Waals surface area (Å²) in [4.78, 5) is 18.2. The smallest absolute Gasteiger partial charge is 0.151 e. The fourth-order valence-electron chi connectivity index (χ4n) is 0.812. The van der Waals surface area contributed by atoms with E-state index >= 15 is 0 Å². The molecule has 0 saturated heterocycles. The number of hydrogen-bond acceptors (Lipinski definition) is 4. The number of hydrogen-bond donors (Lipinski definition) is 1. The Kier molecular flexibility index (Phi) is 4.07. The molecule has 0 bridgehead atoms. The topological polar surface area (TPSA) is 54.4 Å². The Bertz CT molecular complexity index is 341. The van der Waals surface area contributed by atoms with E-state index in [2.05, 4.69) is 15.3 Å². The highest BCUT2D eigenvalue weighted by molar-refractivity contribution is 5.74. The molecule has 4 heteroatoms. The Hall–Kier alpha value is -1.97. The summed E-state index contributed by atoms with van der Waals surface area (Å²) in [5, 5.41) is 2.91. The first-order chi connectivity index (χ1) is 6.86. The molecule has 1 heterocycles. The van der Waals surface area contributed by atoms with E-state index in [0.29, 0.717) is 11.4 Å². The summed E-state index contributed by atoms with van der Waals surface area (Å²) in [5.74, 6) is 0.679. The van der Waals surface area contributed by atoms with Gasteiger partial charge in [0.05, 0.1) is 0 Å². The van der Waals surface area contributed by atoms with Crippen molar-refractivity contribution in [3.05, 3.63) is 36.3 Å². The molecule has 14 heavy (non-hydrogen) atoms. The molecule has 1 aromatic rings. The summed E-state index contributed by atoms with van der Waals surface area (Å²) in [6, 6.07) is 3.42. The Morgan fingerprint density at radius 2 is 2.36 bits per heavy atom. The third-order valence-corrected chi connectivity index (χ3v) is 1.46. The summed E-state index contributed by atoms with van der Waals surface area (Å²) >= 11 is 0. The minimum atomic E-state index is 0.561. The minimum Gasteiger partial charge on any atom is -0.345 e. The molecule has 0 unspecified atom stereocenters. The van der Waals surface area contributed by atoms with E-state index in [4.69, 9.17) is 0 Å². The van der Waals surface area contributed by atoms with Crippen LogP contribution in [0.4, 0.5) is 5.82 Å². The van der Waals surface area contributed by atoms with Crippen molar-refractivity contribution in [2.45, 2.75) is 6.92 Å². The molecule has 1 N–H and O–H groups in total. The second-order valence-electron chi connectivity index (χ2n) is 2.46. The number of aromatic nitrogens is 1. The zero-order chi connectivity index (χ0) is 10.2. The molecule has 0 aliphatic heterocycles. The summed E-state index contributed by atoms with van der Waals surface area (Å²) in [5.41, 5.74) is 0.561. The van der Waals surface area contributed by atoms with Gasteiger partial charge in [-0.25, -0.2) is 4.98 Å². The molecule has 0 aliphatic carbocycles. The standard InChI is InChI=1S/C10H11N3O/c1-2-11-5-6-12-10-4-3-9(8-14)7-13-10/h2-8H,1H3,(H,12,13)/b6-5-,11-2?. The van der Waals surface area contributed by atoms with Gasteiger partial charge in [-0.15, -0.1) is 0 Å². The van der Waals surface area contributed by atoms with Crippen molar-refractivity contribution in [2.75, 3.05) is 5.32 Å². The number of rotatable bonds is 4. The Morgan fingerprint density at radius 1 is 1.50 bits per heavy atom. The fraction of sp³-hybridized carbons (Fsp3) is 0.100. The molecule has 0 fully saturated rings. The number of nitrogens with one attached hydrogen (secondary N) is 1. The molecule has 0 spiro atoms. The summed E-state index contributed by atoms with van der Waals surface area (Å²) in [6.45, 7) is 1.83. The van der Waals surface area contributed by atoms with E-state index in [-0.39, 0.29) is 0 Å². The van der Waals surface area contributed by atoms with Crippen LogP contribution in [-0.2, 0) is 0 Å². The van der Waals surface area contributed by atoms with Gasteiger partial charge in [0.15, 0.2) is 6.29 Å². The van der Waals surface area contributed by atoms with Gasteiger partial charge in [0.25, 0.3) is 0 Å². The first kappa shape index (κ1) is 10.1. The summed E-state index contributed by atoms with van der Waals surface area (Å²) in [6.07, 6.45) is 7.24. The van der Waals surface area contributed by atoms with Crippen molar-refractivity contribution < 1.29 is 4.79 Å². The third-order valence-electron chi connectivity index (χ3n) is 1.46. The van der Waals surface area contributed by atoms with Crippen LogP contribution in [0, 0.1) is 0 Å². The van der Waals surface area contributed by atoms with Gasteiger partial charge in [0.2, 0.25) is 0 Å². The number of pyridine rings is 1. The average Bonchev–Trinajstić information content (AvgIpc) is 2.25. The second-order valence-corrected chi connectivity index (χ2v) is 2.46. The Balaban J connectivity index is 2.55. The highest BCUT2D eigenvalue weighted by Gasteiger charge is 1.90. The van der Waals surface area contributed by atoms with Crippen molar-refractivity contribution in [1.29, 1.82) is 0 Å². The molecule has 0 aromatic carbocycles. The lowest BCUT2D eigenvalue weighted by molar-refractivity contribution is 0.112. The molecule has 4 nitrogen and oxygen atoms in total. The number of nitrogens with zero attached hydrogens (tertiary/aromatic N) is 2. The maximum atomic E-state index is 10.3. The van der Waals surface area contributed by atoms with Crippen molar-refractivity contribution in [1.82, 2.24) is 4.98 Å². The van der Waals surface area contributed by atoms with Crippen LogP contribution in [0.15, 0.2) is 35.7 Å². The monoisotopic (exact) mass is 189 g/mol. The highest BCUT2D eigenvalue weighted by atomic mass is 16.1. The number of carbonyl (C=O) groups is 1. The zero-order valence-corrected chi connectivity index (χ0v) is 7.84. The van der Waals surface area contributed by atoms with Crippen molar-refractivity contribution in [3.8, 4) is 0 Å². The third kappa shape index (κ3) is 3.18. The van der Waals surface area contributed by atoms with Gasteiger partial charge in [-0.05, 0) is 19.1 Å². The van der Waals surface area contributed by atoms with Crippen molar-refractivity contribution >= 4 is 18.3 Å². The molecule has 72 valence electrons. The van der Waals surface area contributed by atoms with Crippen LogP contribution in [0.5, 0.6) is 0 Å². The molecule has 0 amide bonds.